The Kier molecular flexibility index (Phi) is 2.44. The van der Waals surface area contributed by atoms with Crippen molar-refractivity contribution in [2.24, 2.45) is 5.92 Å². The van der Waals surface area contributed by atoms with Gasteiger partial charge in [0, 0.05) is 17.7 Å². The number of aryl methyl sites for hydroxylation is 1. The number of aromatic amines is 1. The predicted molar refractivity (Wildman–Crippen MR) is 60.3 cm³/mol. The second-order valence-electron chi connectivity index (χ2n) is 4.86. The summed E-state index contributed by atoms with van der Waals surface area (Å²) in [5, 5.41) is 18.8. The lowest BCUT2D eigenvalue weighted by Crippen LogP contribution is -2.35. The average Bonchev–Trinajstić information content (AvgIpc) is 2.94. The number of nitrogens with zero attached hydrogens (tertiary/aromatic N) is 1. The van der Waals surface area contributed by atoms with E-state index in [1.807, 2.05) is 0 Å². The Morgan fingerprint density at radius 3 is 2.78 bits per heavy atom. The van der Waals surface area contributed by atoms with E-state index in [0.717, 1.165) is 0 Å². The molecule has 3 N–H and O–H groups in total. The molecule has 1 aromatic rings. The molecule has 7 nitrogen and oxygen atoms in total. The van der Waals surface area contributed by atoms with Crippen LogP contribution in [-0.2, 0) is 4.74 Å². The SMILES string of the molecule is Cc1cn([C@@H]2C3O[C@H](CO)C(O)[C@@H]32)c(=O)[nH]c1=O. The molecular formula is C11H14N2O5. The summed E-state index contributed by atoms with van der Waals surface area (Å²) < 4.78 is 6.83. The Bertz CT molecular complexity index is 592. The van der Waals surface area contributed by atoms with Crippen LogP contribution in [0.3, 0.4) is 0 Å². The number of aliphatic hydroxyl groups excluding tert-OH is 2. The highest BCUT2D eigenvalue weighted by Gasteiger charge is 2.64. The van der Waals surface area contributed by atoms with Gasteiger partial charge in [-0.25, -0.2) is 4.79 Å². The van der Waals surface area contributed by atoms with Crippen LogP contribution in [0.15, 0.2) is 15.8 Å². The third-order valence-electron chi connectivity index (χ3n) is 3.72. The number of hydrogen-bond acceptors (Lipinski definition) is 5. The lowest BCUT2D eigenvalue weighted by atomic mass is 10.1. The van der Waals surface area contributed by atoms with Crippen molar-refractivity contribution in [2.45, 2.75) is 31.3 Å². The van der Waals surface area contributed by atoms with Gasteiger partial charge in [-0.15, -0.1) is 0 Å². The first-order valence-corrected chi connectivity index (χ1v) is 5.81. The van der Waals surface area contributed by atoms with E-state index in [-0.39, 0.29) is 24.7 Å². The molecule has 0 bridgehead atoms. The summed E-state index contributed by atoms with van der Waals surface area (Å²) in [5.74, 6) is -0.190. The van der Waals surface area contributed by atoms with Gasteiger partial charge >= 0.3 is 5.69 Å². The number of ether oxygens (including phenoxy) is 1. The van der Waals surface area contributed by atoms with Gasteiger partial charge in [0.05, 0.1) is 24.9 Å². The van der Waals surface area contributed by atoms with Crippen LogP contribution >= 0.6 is 0 Å². The summed E-state index contributed by atoms with van der Waals surface area (Å²) in [6, 6.07) is -0.258. The molecule has 18 heavy (non-hydrogen) atoms. The molecule has 2 heterocycles. The monoisotopic (exact) mass is 254 g/mol. The normalized spacial score (nSPS) is 37.6. The van der Waals surface area contributed by atoms with E-state index in [4.69, 9.17) is 9.84 Å². The van der Waals surface area contributed by atoms with Crippen LogP contribution < -0.4 is 11.2 Å². The van der Waals surface area contributed by atoms with Crippen molar-refractivity contribution in [2.75, 3.05) is 6.61 Å². The number of H-pyrrole nitrogens is 1. The minimum Gasteiger partial charge on any atom is -0.394 e. The molecule has 0 aromatic carbocycles. The molecule has 0 amide bonds. The number of aliphatic hydroxyl groups is 2. The molecule has 1 saturated heterocycles. The van der Waals surface area contributed by atoms with Crippen molar-refractivity contribution >= 4 is 0 Å². The van der Waals surface area contributed by atoms with Gasteiger partial charge in [0.15, 0.2) is 0 Å². The van der Waals surface area contributed by atoms with Gasteiger partial charge in [-0.3, -0.25) is 14.3 Å². The van der Waals surface area contributed by atoms with Crippen LogP contribution in [0.25, 0.3) is 0 Å². The third-order valence-corrected chi connectivity index (χ3v) is 3.72. The summed E-state index contributed by atoms with van der Waals surface area (Å²) in [6.07, 6.45) is -0.131. The molecule has 98 valence electrons. The largest absolute Gasteiger partial charge is 0.394 e. The average molecular weight is 254 g/mol. The standard InChI is InChI=1S/C11H14N2O5/c1-4-2-13(11(17)12-10(4)16)7-6-8(15)5(3-14)18-9(6)7/h2,5-9,14-15H,3H2,1H3,(H,12,16,17)/t5-,6+,7+,8?,9?/m1/s1. The predicted octanol–water partition coefficient (Wildman–Crippen LogP) is -1.86. The maximum absolute atomic E-state index is 11.7. The first kappa shape index (κ1) is 11.6. The molecule has 2 unspecified atom stereocenters. The van der Waals surface area contributed by atoms with E-state index in [1.165, 1.54) is 10.8 Å². The van der Waals surface area contributed by atoms with E-state index in [1.54, 1.807) is 6.92 Å². The first-order chi connectivity index (χ1) is 8.54. The third kappa shape index (κ3) is 1.48. The van der Waals surface area contributed by atoms with E-state index >= 15 is 0 Å². The maximum atomic E-state index is 11.7. The van der Waals surface area contributed by atoms with Crippen LogP contribution in [0.1, 0.15) is 11.6 Å². The van der Waals surface area contributed by atoms with Crippen molar-refractivity contribution in [3.8, 4) is 0 Å². The van der Waals surface area contributed by atoms with Crippen LogP contribution in [0, 0.1) is 12.8 Å². The lowest BCUT2D eigenvalue weighted by Gasteiger charge is -2.18. The number of aromatic nitrogens is 2. The summed E-state index contributed by atoms with van der Waals surface area (Å²) >= 11 is 0. The highest BCUT2D eigenvalue weighted by atomic mass is 16.5. The molecule has 0 radical (unpaired) electrons. The van der Waals surface area contributed by atoms with Gasteiger partial charge < -0.3 is 14.9 Å². The van der Waals surface area contributed by atoms with Crippen LogP contribution in [0.4, 0.5) is 0 Å². The molecule has 7 heteroatoms. The van der Waals surface area contributed by atoms with Crippen molar-refractivity contribution in [3.63, 3.8) is 0 Å². The summed E-state index contributed by atoms with van der Waals surface area (Å²) in [4.78, 5) is 25.2. The van der Waals surface area contributed by atoms with Gasteiger partial charge in [-0.2, -0.15) is 0 Å². The Labute approximate surface area is 102 Å². The van der Waals surface area contributed by atoms with Crippen molar-refractivity contribution in [3.05, 3.63) is 32.6 Å². The quantitative estimate of drug-likeness (QED) is 0.574. The van der Waals surface area contributed by atoms with E-state index in [0.29, 0.717) is 5.56 Å². The molecule has 0 spiro atoms. The Balaban J connectivity index is 1.91. The molecule has 5 atom stereocenters. The maximum Gasteiger partial charge on any atom is 0.328 e. The van der Waals surface area contributed by atoms with Gasteiger partial charge in [0.2, 0.25) is 0 Å². The number of fused-ring (bicyclic) bond motifs is 1. The Morgan fingerprint density at radius 2 is 2.22 bits per heavy atom. The minimum absolute atomic E-state index is 0.190. The Morgan fingerprint density at radius 1 is 1.50 bits per heavy atom. The van der Waals surface area contributed by atoms with Crippen LogP contribution in [-0.4, -0.2) is 44.7 Å². The fourth-order valence-electron chi connectivity index (χ4n) is 2.69. The highest BCUT2D eigenvalue weighted by molar-refractivity contribution is 5.15. The molecular weight excluding hydrogens is 240 g/mol. The highest BCUT2D eigenvalue weighted by Crippen LogP contribution is 2.54. The Hall–Kier alpha value is -1.44. The fraction of sp³-hybridized carbons (Fsp3) is 0.636. The summed E-state index contributed by atoms with van der Waals surface area (Å²) in [6.45, 7) is 1.38. The fourth-order valence-corrected chi connectivity index (χ4v) is 2.69. The summed E-state index contributed by atoms with van der Waals surface area (Å²) in [7, 11) is 0. The first-order valence-electron chi connectivity index (χ1n) is 5.81. The topological polar surface area (TPSA) is 105 Å². The minimum atomic E-state index is -0.774. The molecule has 2 aliphatic rings. The lowest BCUT2D eigenvalue weighted by molar-refractivity contribution is -0.0370. The number of nitrogens with one attached hydrogen (secondary N) is 1. The molecule has 1 aliphatic carbocycles. The molecule has 1 aromatic heterocycles. The van der Waals surface area contributed by atoms with Crippen LogP contribution in [0.5, 0.6) is 0 Å². The smallest absolute Gasteiger partial charge is 0.328 e. The van der Waals surface area contributed by atoms with Crippen molar-refractivity contribution in [1.82, 2.24) is 9.55 Å². The molecule has 1 saturated carbocycles. The molecule has 2 fully saturated rings. The second-order valence-corrected chi connectivity index (χ2v) is 4.86. The van der Waals surface area contributed by atoms with Gasteiger partial charge in [-0.1, -0.05) is 0 Å². The van der Waals surface area contributed by atoms with Crippen molar-refractivity contribution in [1.29, 1.82) is 0 Å². The zero-order chi connectivity index (χ0) is 13.0. The zero-order valence-corrected chi connectivity index (χ0v) is 9.74. The molecule has 3 rings (SSSR count). The van der Waals surface area contributed by atoms with E-state index < -0.39 is 23.5 Å². The molecule has 1 aliphatic heterocycles. The number of rotatable bonds is 2. The van der Waals surface area contributed by atoms with Gasteiger partial charge in [0.1, 0.15) is 6.10 Å². The summed E-state index contributed by atoms with van der Waals surface area (Å²) in [5.41, 5.74) is -0.467. The van der Waals surface area contributed by atoms with Crippen LogP contribution in [0.2, 0.25) is 0 Å². The van der Waals surface area contributed by atoms with Gasteiger partial charge in [0.25, 0.3) is 5.56 Å². The second kappa shape index (κ2) is 3.78. The van der Waals surface area contributed by atoms with E-state index in [9.17, 15) is 14.7 Å². The van der Waals surface area contributed by atoms with E-state index in [2.05, 4.69) is 4.98 Å². The zero-order valence-electron chi connectivity index (χ0n) is 9.74. The van der Waals surface area contributed by atoms with Gasteiger partial charge in [-0.05, 0) is 6.92 Å². The number of hydrogen-bond donors (Lipinski definition) is 3. The van der Waals surface area contributed by atoms with Crippen molar-refractivity contribution < 1.29 is 14.9 Å².